The van der Waals surface area contributed by atoms with Crippen molar-refractivity contribution >= 4 is 12.6 Å². The SMILES string of the molecule is COC(C=O)CCCCCCC=O. The highest BCUT2D eigenvalue weighted by Crippen LogP contribution is 2.07. The molecule has 0 saturated heterocycles. The summed E-state index contributed by atoms with van der Waals surface area (Å²) in [6.07, 6.45) is 7.08. The molecule has 0 bridgehead atoms. The summed E-state index contributed by atoms with van der Waals surface area (Å²) in [5, 5.41) is 0. The van der Waals surface area contributed by atoms with Gasteiger partial charge in [-0.05, 0) is 12.8 Å². The maximum absolute atomic E-state index is 10.3. The molecular weight excluding hydrogens is 168 g/mol. The normalized spacial score (nSPS) is 12.4. The van der Waals surface area contributed by atoms with Crippen LogP contribution in [0.4, 0.5) is 0 Å². The molecule has 0 rings (SSSR count). The van der Waals surface area contributed by atoms with Crippen molar-refractivity contribution in [3.05, 3.63) is 0 Å². The summed E-state index contributed by atoms with van der Waals surface area (Å²) in [4.78, 5) is 20.3. The zero-order chi connectivity index (χ0) is 9.94. The number of carbonyl (C=O) groups is 2. The fraction of sp³-hybridized carbons (Fsp3) is 0.800. The Bertz CT molecular complexity index is 134. The maximum Gasteiger partial charge on any atom is 0.148 e. The number of hydrogen-bond donors (Lipinski definition) is 0. The Kier molecular flexibility index (Phi) is 8.88. The molecule has 0 heterocycles. The van der Waals surface area contributed by atoms with Crippen LogP contribution in [-0.2, 0) is 14.3 Å². The average molecular weight is 186 g/mol. The molecule has 76 valence electrons. The van der Waals surface area contributed by atoms with Gasteiger partial charge in [0.15, 0.2) is 0 Å². The Hall–Kier alpha value is -0.700. The zero-order valence-corrected chi connectivity index (χ0v) is 8.20. The Morgan fingerprint density at radius 2 is 1.85 bits per heavy atom. The number of ether oxygens (including phenoxy) is 1. The third-order valence-electron chi connectivity index (χ3n) is 2.02. The molecule has 0 saturated carbocycles. The van der Waals surface area contributed by atoms with Crippen molar-refractivity contribution in [2.45, 2.75) is 44.6 Å². The van der Waals surface area contributed by atoms with Crippen molar-refractivity contribution in [1.29, 1.82) is 0 Å². The van der Waals surface area contributed by atoms with E-state index >= 15 is 0 Å². The quantitative estimate of drug-likeness (QED) is 0.407. The molecule has 0 aromatic rings. The van der Waals surface area contributed by atoms with E-state index in [1.165, 1.54) is 0 Å². The van der Waals surface area contributed by atoms with Crippen molar-refractivity contribution in [3.8, 4) is 0 Å². The minimum Gasteiger partial charge on any atom is -0.374 e. The summed E-state index contributed by atoms with van der Waals surface area (Å²) in [5.74, 6) is 0. The minimum atomic E-state index is -0.244. The highest BCUT2D eigenvalue weighted by Gasteiger charge is 2.03. The van der Waals surface area contributed by atoms with Gasteiger partial charge in [0.1, 0.15) is 18.7 Å². The molecule has 3 nitrogen and oxygen atoms in total. The molecule has 0 aromatic carbocycles. The van der Waals surface area contributed by atoms with Gasteiger partial charge in [0.05, 0.1) is 0 Å². The molecule has 0 fully saturated rings. The highest BCUT2D eigenvalue weighted by molar-refractivity contribution is 5.55. The predicted molar refractivity (Wildman–Crippen MR) is 50.6 cm³/mol. The predicted octanol–water partition coefficient (Wildman–Crippen LogP) is 1.74. The molecule has 1 unspecified atom stereocenters. The number of carbonyl (C=O) groups excluding carboxylic acids is 2. The van der Waals surface area contributed by atoms with Crippen LogP contribution in [0, 0.1) is 0 Å². The molecule has 0 aromatic heterocycles. The first-order chi connectivity index (χ1) is 6.35. The highest BCUT2D eigenvalue weighted by atomic mass is 16.5. The van der Waals surface area contributed by atoms with Crippen LogP contribution in [0.2, 0.25) is 0 Å². The molecule has 3 heteroatoms. The molecule has 0 N–H and O–H groups in total. The molecule has 0 radical (unpaired) electrons. The first-order valence-electron chi connectivity index (χ1n) is 4.77. The average Bonchev–Trinajstić information content (AvgIpc) is 2.17. The fourth-order valence-corrected chi connectivity index (χ4v) is 1.17. The zero-order valence-electron chi connectivity index (χ0n) is 8.20. The van der Waals surface area contributed by atoms with E-state index in [4.69, 9.17) is 4.74 Å². The minimum absolute atomic E-state index is 0.244. The van der Waals surface area contributed by atoms with Gasteiger partial charge < -0.3 is 14.3 Å². The summed E-state index contributed by atoms with van der Waals surface area (Å²) in [6, 6.07) is 0. The summed E-state index contributed by atoms with van der Waals surface area (Å²) in [7, 11) is 1.55. The van der Waals surface area contributed by atoms with Gasteiger partial charge in [-0.25, -0.2) is 0 Å². The smallest absolute Gasteiger partial charge is 0.148 e. The lowest BCUT2D eigenvalue weighted by Crippen LogP contribution is -2.11. The molecule has 13 heavy (non-hydrogen) atoms. The number of rotatable bonds is 9. The van der Waals surface area contributed by atoms with Gasteiger partial charge >= 0.3 is 0 Å². The van der Waals surface area contributed by atoms with E-state index < -0.39 is 0 Å². The van der Waals surface area contributed by atoms with Crippen molar-refractivity contribution in [3.63, 3.8) is 0 Å². The third kappa shape index (κ3) is 7.65. The van der Waals surface area contributed by atoms with Crippen LogP contribution in [0.25, 0.3) is 0 Å². The van der Waals surface area contributed by atoms with Crippen molar-refractivity contribution in [2.75, 3.05) is 7.11 Å². The second-order valence-electron chi connectivity index (χ2n) is 3.07. The van der Waals surface area contributed by atoms with E-state index in [0.717, 1.165) is 44.7 Å². The monoisotopic (exact) mass is 186 g/mol. The summed E-state index contributed by atoms with van der Waals surface area (Å²) < 4.78 is 4.90. The van der Waals surface area contributed by atoms with E-state index in [1.54, 1.807) is 7.11 Å². The lowest BCUT2D eigenvalue weighted by atomic mass is 10.1. The van der Waals surface area contributed by atoms with E-state index in [2.05, 4.69) is 0 Å². The Balaban J connectivity index is 3.14. The van der Waals surface area contributed by atoms with E-state index in [9.17, 15) is 9.59 Å². The Labute approximate surface area is 79.5 Å². The summed E-state index contributed by atoms with van der Waals surface area (Å²) >= 11 is 0. The fourth-order valence-electron chi connectivity index (χ4n) is 1.17. The molecular formula is C10H18O3. The number of unbranched alkanes of at least 4 members (excludes halogenated alkanes) is 4. The van der Waals surface area contributed by atoms with Gasteiger partial charge in [-0.1, -0.05) is 19.3 Å². The maximum atomic E-state index is 10.3. The second kappa shape index (κ2) is 9.39. The van der Waals surface area contributed by atoms with E-state index in [0.29, 0.717) is 6.42 Å². The molecule has 0 spiro atoms. The lowest BCUT2D eigenvalue weighted by Gasteiger charge is -2.06. The second-order valence-corrected chi connectivity index (χ2v) is 3.07. The van der Waals surface area contributed by atoms with Crippen molar-refractivity contribution < 1.29 is 14.3 Å². The first-order valence-corrected chi connectivity index (χ1v) is 4.77. The van der Waals surface area contributed by atoms with Crippen LogP contribution in [-0.4, -0.2) is 25.8 Å². The Morgan fingerprint density at radius 1 is 1.15 bits per heavy atom. The van der Waals surface area contributed by atoms with Crippen LogP contribution in [0.1, 0.15) is 38.5 Å². The van der Waals surface area contributed by atoms with E-state index in [-0.39, 0.29) is 6.10 Å². The van der Waals surface area contributed by atoms with Crippen LogP contribution in [0.15, 0.2) is 0 Å². The number of hydrogen-bond acceptors (Lipinski definition) is 3. The van der Waals surface area contributed by atoms with Crippen LogP contribution >= 0.6 is 0 Å². The number of methoxy groups -OCH3 is 1. The lowest BCUT2D eigenvalue weighted by molar-refractivity contribution is -0.116. The number of aldehydes is 2. The van der Waals surface area contributed by atoms with Gasteiger partial charge in [0, 0.05) is 13.5 Å². The molecule has 0 aliphatic rings. The van der Waals surface area contributed by atoms with Crippen LogP contribution < -0.4 is 0 Å². The molecule has 0 aliphatic carbocycles. The third-order valence-corrected chi connectivity index (χ3v) is 2.02. The topological polar surface area (TPSA) is 43.4 Å². The van der Waals surface area contributed by atoms with Gasteiger partial charge in [-0.15, -0.1) is 0 Å². The van der Waals surface area contributed by atoms with Gasteiger partial charge in [-0.3, -0.25) is 0 Å². The molecule has 0 amide bonds. The van der Waals surface area contributed by atoms with Gasteiger partial charge in [-0.2, -0.15) is 0 Å². The van der Waals surface area contributed by atoms with Crippen LogP contribution in [0.5, 0.6) is 0 Å². The van der Waals surface area contributed by atoms with Crippen molar-refractivity contribution in [2.24, 2.45) is 0 Å². The summed E-state index contributed by atoms with van der Waals surface area (Å²) in [6.45, 7) is 0. The van der Waals surface area contributed by atoms with Gasteiger partial charge in [0.25, 0.3) is 0 Å². The van der Waals surface area contributed by atoms with Gasteiger partial charge in [0.2, 0.25) is 0 Å². The first kappa shape index (κ1) is 12.3. The molecule has 0 aliphatic heterocycles. The summed E-state index contributed by atoms with van der Waals surface area (Å²) in [5.41, 5.74) is 0. The van der Waals surface area contributed by atoms with E-state index in [1.807, 2.05) is 0 Å². The largest absolute Gasteiger partial charge is 0.374 e. The van der Waals surface area contributed by atoms with Crippen molar-refractivity contribution in [1.82, 2.24) is 0 Å². The Morgan fingerprint density at radius 3 is 2.38 bits per heavy atom. The molecule has 1 atom stereocenters. The van der Waals surface area contributed by atoms with Crippen LogP contribution in [0.3, 0.4) is 0 Å². The standard InChI is InChI=1S/C10H18O3/c1-13-10(9-12)7-5-3-2-4-6-8-11/h8-10H,2-7H2,1H3.